The van der Waals surface area contributed by atoms with Crippen LogP contribution in [0, 0.1) is 11.8 Å². The average Bonchev–Trinajstić information content (AvgIpc) is 3.52. The molecule has 1 aromatic rings. The first kappa shape index (κ1) is 27.4. The Bertz CT molecular complexity index is 1120. The monoisotopic (exact) mass is 563 g/mol. The van der Waals surface area contributed by atoms with E-state index in [1.54, 1.807) is 23.1 Å². The maximum Gasteiger partial charge on any atom is 0.246 e. The number of amides is 3. The van der Waals surface area contributed by atoms with E-state index in [0.717, 1.165) is 25.7 Å². The molecule has 8 nitrogen and oxygen atoms in total. The van der Waals surface area contributed by atoms with Crippen LogP contribution in [0.4, 0.5) is 5.69 Å². The van der Waals surface area contributed by atoms with Crippen LogP contribution in [0.2, 0.25) is 10.0 Å². The van der Waals surface area contributed by atoms with Crippen molar-refractivity contribution < 1.29 is 23.9 Å². The molecule has 38 heavy (non-hydrogen) atoms. The maximum atomic E-state index is 13.9. The van der Waals surface area contributed by atoms with Gasteiger partial charge in [-0.1, -0.05) is 54.6 Å². The van der Waals surface area contributed by atoms with Crippen LogP contribution in [0.15, 0.2) is 30.4 Å². The Morgan fingerprint density at radius 3 is 2.63 bits per heavy atom. The molecule has 3 amide bonds. The summed E-state index contributed by atoms with van der Waals surface area (Å²) in [5, 5.41) is 6.76. The number of halogens is 2. The molecule has 0 unspecified atom stereocenters. The summed E-state index contributed by atoms with van der Waals surface area (Å²) >= 11 is 12.1. The van der Waals surface area contributed by atoms with Gasteiger partial charge < -0.3 is 25.0 Å². The summed E-state index contributed by atoms with van der Waals surface area (Å²) in [7, 11) is 0. The minimum atomic E-state index is -1.18. The van der Waals surface area contributed by atoms with Gasteiger partial charge in [0.25, 0.3) is 0 Å². The third-order valence-corrected chi connectivity index (χ3v) is 8.80. The van der Waals surface area contributed by atoms with E-state index in [9.17, 15) is 14.4 Å². The quantitative estimate of drug-likeness (QED) is 0.344. The Morgan fingerprint density at radius 1 is 1.16 bits per heavy atom. The Morgan fingerprint density at radius 2 is 1.92 bits per heavy atom. The normalized spacial score (nSPS) is 30.2. The third kappa shape index (κ3) is 5.08. The van der Waals surface area contributed by atoms with E-state index < -0.39 is 29.6 Å². The molecule has 3 aliphatic heterocycles. The molecule has 1 aromatic carbocycles. The van der Waals surface area contributed by atoms with Crippen LogP contribution >= 0.6 is 23.2 Å². The highest BCUT2D eigenvalue weighted by Gasteiger charge is 2.72. The predicted molar refractivity (Wildman–Crippen MR) is 145 cm³/mol. The summed E-state index contributed by atoms with van der Waals surface area (Å²) in [5.41, 5.74) is -0.705. The summed E-state index contributed by atoms with van der Waals surface area (Å²) < 4.78 is 12.1. The molecule has 206 valence electrons. The lowest BCUT2D eigenvalue weighted by Crippen LogP contribution is -2.56. The van der Waals surface area contributed by atoms with Crippen molar-refractivity contribution in [1.82, 2.24) is 10.2 Å². The second-order valence-corrected chi connectivity index (χ2v) is 11.8. The van der Waals surface area contributed by atoms with Gasteiger partial charge in [0.1, 0.15) is 11.6 Å². The third-order valence-electron chi connectivity index (χ3n) is 8.06. The summed E-state index contributed by atoms with van der Waals surface area (Å²) in [6, 6.07) is 4.07. The van der Waals surface area contributed by atoms with Crippen molar-refractivity contribution in [2.45, 2.75) is 82.3 Å². The first-order valence-electron chi connectivity index (χ1n) is 13.6. The molecule has 5 rings (SSSR count). The molecular formula is C28H35Cl2N3O5. The molecule has 0 aromatic heterocycles. The molecule has 2 bridgehead atoms. The van der Waals surface area contributed by atoms with Crippen molar-refractivity contribution in [1.29, 1.82) is 0 Å². The molecule has 2 saturated heterocycles. The first-order chi connectivity index (χ1) is 18.2. The molecule has 1 aliphatic carbocycles. The van der Waals surface area contributed by atoms with Crippen LogP contribution in [-0.4, -0.2) is 65.7 Å². The lowest BCUT2D eigenvalue weighted by Gasteiger charge is -2.34. The number of fused-ring (bicyclic) bond motifs is 1. The molecule has 10 heteroatoms. The van der Waals surface area contributed by atoms with Gasteiger partial charge in [0.15, 0.2) is 0 Å². The number of benzene rings is 1. The van der Waals surface area contributed by atoms with Crippen molar-refractivity contribution in [2.24, 2.45) is 11.8 Å². The van der Waals surface area contributed by atoms with Crippen LogP contribution in [0.3, 0.4) is 0 Å². The van der Waals surface area contributed by atoms with Gasteiger partial charge in [0.2, 0.25) is 17.7 Å². The van der Waals surface area contributed by atoms with E-state index in [1.165, 1.54) is 6.42 Å². The molecule has 1 saturated carbocycles. The highest BCUT2D eigenvalue weighted by molar-refractivity contribution is 6.42. The van der Waals surface area contributed by atoms with Crippen LogP contribution in [0.5, 0.6) is 0 Å². The van der Waals surface area contributed by atoms with Crippen LogP contribution in [0.1, 0.15) is 52.4 Å². The zero-order valence-corrected chi connectivity index (χ0v) is 23.3. The van der Waals surface area contributed by atoms with Crippen LogP contribution < -0.4 is 10.6 Å². The molecule has 4 aliphatic rings. The van der Waals surface area contributed by atoms with Gasteiger partial charge in [-0.2, -0.15) is 0 Å². The first-order valence-corrected chi connectivity index (χ1v) is 14.3. The summed E-state index contributed by atoms with van der Waals surface area (Å²) in [5.74, 6) is -2.38. The van der Waals surface area contributed by atoms with E-state index in [-0.39, 0.29) is 29.9 Å². The Balaban J connectivity index is 1.39. The zero-order valence-electron chi connectivity index (χ0n) is 21.8. The van der Waals surface area contributed by atoms with Crippen LogP contribution in [0.25, 0.3) is 0 Å². The van der Waals surface area contributed by atoms with E-state index in [4.69, 9.17) is 32.7 Å². The van der Waals surface area contributed by atoms with Gasteiger partial charge in [-0.3, -0.25) is 14.4 Å². The Kier molecular flexibility index (Phi) is 8.06. The topological polar surface area (TPSA) is 97.0 Å². The standard InChI is InChI=1S/C28H35Cl2N3O5/c1-16(2)37-14-6-13-33-24(26(35)31-17-7-4-3-5-8-17)28-12-11-21(38-28)22(23(28)27(33)36)25(34)32-18-9-10-19(29)20(30)15-18/h9-12,15-17,21-24H,3-8,13-14H2,1-2H3,(H,31,35)(H,32,34)/t21-,22-,23-,24+,28+/m1/s1. The van der Waals surface area contributed by atoms with Gasteiger partial charge in [0.05, 0.1) is 34.1 Å². The molecule has 5 atom stereocenters. The van der Waals surface area contributed by atoms with E-state index >= 15 is 0 Å². The van der Waals surface area contributed by atoms with Crippen molar-refractivity contribution in [3.8, 4) is 0 Å². The van der Waals surface area contributed by atoms with Crippen LogP contribution in [-0.2, 0) is 23.9 Å². The van der Waals surface area contributed by atoms with Crippen molar-refractivity contribution in [3.05, 3.63) is 40.4 Å². The number of hydrogen-bond acceptors (Lipinski definition) is 5. The lowest BCUT2D eigenvalue weighted by molar-refractivity contribution is -0.141. The molecule has 1 spiro atoms. The highest BCUT2D eigenvalue weighted by atomic mass is 35.5. The van der Waals surface area contributed by atoms with E-state index in [0.29, 0.717) is 35.3 Å². The maximum absolute atomic E-state index is 13.9. The minimum absolute atomic E-state index is 0.0731. The van der Waals surface area contributed by atoms with E-state index in [2.05, 4.69) is 10.6 Å². The number of carbonyl (C=O) groups is 3. The molecule has 3 fully saturated rings. The smallest absolute Gasteiger partial charge is 0.246 e. The number of nitrogens with zero attached hydrogens (tertiary/aromatic N) is 1. The number of nitrogens with one attached hydrogen (secondary N) is 2. The SMILES string of the molecule is CC(C)OCCCN1C(=O)[C@H]2[C@H](C(=O)Nc3ccc(Cl)c(Cl)c3)[C@H]3C=C[C@@]2(O3)[C@@H]1C(=O)NC1CCCCC1. The predicted octanol–water partition coefficient (Wildman–Crippen LogP) is 4.35. The highest BCUT2D eigenvalue weighted by Crippen LogP contribution is 2.55. The number of hydrogen-bond donors (Lipinski definition) is 2. The van der Waals surface area contributed by atoms with Crippen molar-refractivity contribution in [2.75, 3.05) is 18.5 Å². The van der Waals surface area contributed by atoms with Crippen molar-refractivity contribution in [3.63, 3.8) is 0 Å². The number of carbonyl (C=O) groups excluding carboxylic acids is 3. The lowest BCUT2D eigenvalue weighted by atomic mass is 9.74. The summed E-state index contributed by atoms with van der Waals surface area (Å²) in [4.78, 5) is 42.9. The summed E-state index contributed by atoms with van der Waals surface area (Å²) in [6.45, 7) is 4.73. The average molecular weight is 565 g/mol. The molecule has 2 N–H and O–H groups in total. The Labute approximate surface area is 233 Å². The fraction of sp³-hybridized carbons (Fsp3) is 0.607. The number of ether oxygens (including phenoxy) is 2. The zero-order chi connectivity index (χ0) is 27.0. The molecule has 0 radical (unpaired) electrons. The molecular weight excluding hydrogens is 529 g/mol. The van der Waals surface area contributed by atoms with Gasteiger partial charge >= 0.3 is 0 Å². The van der Waals surface area contributed by atoms with Crippen molar-refractivity contribution >= 4 is 46.6 Å². The number of anilines is 1. The summed E-state index contributed by atoms with van der Waals surface area (Å²) in [6.07, 6.45) is 8.89. The fourth-order valence-electron chi connectivity index (χ4n) is 6.39. The minimum Gasteiger partial charge on any atom is -0.379 e. The van der Waals surface area contributed by atoms with Gasteiger partial charge in [0, 0.05) is 24.9 Å². The number of likely N-dealkylation sites (tertiary alicyclic amines) is 1. The fourth-order valence-corrected chi connectivity index (χ4v) is 6.69. The Hall–Kier alpha value is -2.13. The second-order valence-electron chi connectivity index (χ2n) is 11.0. The largest absolute Gasteiger partial charge is 0.379 e. The van der Waals surface area contributed by atoms with E-state index in [1.807, 2.05) is 26.0 Å². The van der Waals surface area contributed by atoms with Gasteiger partial charge in [-0.15, -0.1) is 0 Å². The second kappa shape index (κ2) is 11.2. The molecule has 3 heterocycles. The van der Waals surface area contributed by atoms with Gasteiger partial charge in [-0.25, -0.2) is 0 Å². The number of rotatable bonds is 9. The van der Waals surface area contributed by atoms with Gasteiger partial charge in [-0.05, 0) is 51.3 Å².